The Labute approximate surface area is 191 Å². The minimum atomic E-state index is -4.75. The Balaban J connectivity index is 1.58. The molecule has 0 spiro atoms. The van der Waals surface area contributed by atoms with Crippen LogP contribution < -0.4 is 5.69 Å². The van der Waals surface area contributed by atoms with Crippen molar-refractivity contribution in [3.8, 4) is 6.07 Å². The zero-order chi connectivity index (χ0) is 23.8. The Morgan fingerprint density at radius 2 is 2.09 bits per heavy atom. The molecule has 1 aliphatic heterocycles. The normalized spacial score (nSPS) is 13.7. The minimum Gasteiger partial charge on any atom is -0.338 e. The lowest BCUT2D eigenvalue weighted by molar-refractivity contribution is -0.140. The van der Waals surface area contributed by atoms with Crippen molar-refractivity contribution >= 4 is 28.7 Å². The molecule has 0 aliphatic carbocycles. The molecule has 7 nitrogen and oxygen atoms in total. The van der Waals surface area contributed by atoms with Crippen molar-refractivity contribution in [1.82, 2.24) is 19.4 Å². The zero-order valence-corrected chi connectivity index (χ0v) is 18.5. The number of hydrogen-bond acceptors (Lipinski definition) is 5. The molecular formula is C22H20F3N5O2S. The summed E-state index contributed by atoms with van der Waals surface area (Å²) in [5.41, 5.74) is -0.124. The molecule has 1 aromatic carbocycles. The van der Waals surface area contributed by atoms with Crippen molar-refractivity contribution in [3.05, 3.63) is 57.1 Å². The number of carbonyl (C=O) groups is 1. The number of para-hydroxylation sites is 2. The first-order valence-corrected chi connectivity index (χ1v) is 11.3. The highest BCUT2D eigenvalue weighted by Gasteiger charge is 2.41. The molecule has 3 heterocycles. The van der Waals surface area contributed by atoms with E-state index in [0.29, 0.717) is 24.2 Å². The monoisotopic (exact) mass is 475 g/mol. The highest BCUT2D eigenvalue weighted by Crippen LogP contribution is 2.40. The van der Waals surface area contributed by atoms with E-state index in [1.807, 2.05) is 18.2 Å². The average Bonchev–Trinajstić information content (AvgIpc) is 3.09. The fraction of sp³-hybridized carbons (Fsp3) is 0.364. The number of aromatic amines is 1. The van der Waals surface area contributed by atoms with Crippen LogP contribution in [-0.4, -0.2) is 37.6 Å². The lowest BCUT2D eigenvalue weighted by Crippen LogP contribution is -2.36. The Hall–Kier alpha value is -3.26. The number of hydrogen-bond donors (Lipinski definition) is 1. The number of H-pyrrole nitrogens is 1. The molecule has 0 unspecified atom stereocenters. The van der Waals surface area contributed by atoms with Crippen molar-refractivity contribution in [2.75, 3.05) is 12.3 Å². The average molecular weight is 475 g/mol. The lowest BCUT2D eigenvalue weighted by Gasteiger charge is -2.30. The molecule has 1 N–H and O–H groups in total. The first kappa shape index (κ1) is 22.9. The molecule has 172 valence electrons. The van der Waals surface area contributed by atoms with E-state index in [0.717, 1.165) is 17.3 Å². The van der Waals surface area contributed by atoms with Crippen LogP contribution in [0.4, 0.5) is 13.2 Å². The number of nitrogens with zero attached hydrogens (tertiary/aromatic N) is 4. The molecule has 0 atom stereocenters. The molecule has 11 heteroatoms. The number of fused-ring (bicyclic) bond motifs is 2. The molecule has 0 bridgehead atoms. The van der Waals surface area contributed by atoms with Crippen LogP contribution in [0, 0.1) is 11.3 Å². The first-order valence-electron chi connectivity index (χ1n) is 10.3. The van der Waals surface area contributed by atoms with Crippen molar-refractivity contribution in [2.24, 2.45) is 0 Å². The second-order valence-corrected chi connectivity index (χ2v) is 8.78. The number of thioether (sulfide) groups is 1. The molecule has 0 fully saturated rings. The molecule has 1 amide bonds. The molecule has 1 aliphatic rings. The van der Waals surface area contributed by atoms with Crippen LogP contribution >= 0.6 is 11.8 Å². The van der Waals surface area contributed by atoms with Gasteiger partial charge in [-0.2, -0.15) is 18.4 Å². The molecule has 0 radical (unpaired) electrons. The van der Waals surface area contributed by atoms with Gasteiger partial charge in [0.1, 0.15) is 11.1 Å². The molecule has 2 aromatic heterocycles. The largest absolute Gasteiger partial charge is 0.418 e. The molecule has 0 saturated carbocycles. The molecule has 3 aromatic rings. The summed E-state index contributed by atoms with van der Waals surface area (Å²) >= 11 is 1.08. The van der Waals surface area contributed by atoms with Gasteiger partial charge in [-0.3, -0.25) is 9.36 Å². The van der Waals surface area contributed by atoms with Gasteiger partial charge < -0.3 is 9.88 Å². The predicted molar refractivity (Wildman–Crippen MR) is 117 cm³/mol. The Morgan fingerprint density at radius 3 is 2.79 bits per heavy atom. The van der Waals surface area contributed by atoms with Crippen LogP contribution in [0.15, 0.2) is 34.1 Å². The standard InChI is InChI=1S/C22H20F3N5O2S/c1-13(31)29-9-7-16-15(12-29)19(22(23,24)25)14(11-26)20(27-16)33-10-4-8-30-18-6-3-2-5-17(18)28-21(30)32/h2-3,5-6H,4,7-10,12H2,1H3,(H,28,32). The third-order valence-electron chi connectivity index (χ3n) is 5.61. The van der Waals surface area contributed by atoms with Gasteiger partial charge in [0.25, 0.3) is 0 Å². The van der Waals surface area contributed by atoms with Crippen LogP contribution in [0.2, 0.25) is 0 Å². The summed E-state index contributed by atoms with van der Waals surface area (Å²) in [5.74, 6) is 0.0572. The zero-order valence-electron chi connectivity index (χ0n) is 17.7. The van der Waals surface area contributed by atoms with Crippen LogP contribution in [-0.2, 0) is 30.5 Å². The van der Waals surface area contributed by atoms with Crippen molar-refractivity contribution < 1.29 is 18.0 Å². The highest BCUT2D eigenvalue weighted by molar-refractivity contribution is 7.99. The highest BCUT2D eigenvalue weighted by atomic mass is 32.2. The lowest BCUT2D eigenvalue weighted by atomic mass is 9.96. The van der Waals surface area contributed by atoms with Crippen LogP contribution in [0.1, 0.15) is 35.7 Å². The fourth-order valence-corrected chi connectivity index (χ4v) is 4.98. The quantitative estimate of drug-likeness (QED) is 0.449. The SMILES string of the molecule is CC(=O)N1CCc2nc(SCCCn3c(=O)[nH]c4ccccc43)c(C#N)c(C(F)(F)F)c2C1. The number of nitriles is 1. The third kappa shape index (κ3) is 4.48. The maximum atomic E-state index is 14.0. The molecule has 4 rings (SSSR count). The maximum Gasteiger partial charge on any atom is 0.418 e. The number of benzene rings is 1. The summed E-state index contributed by atoms with van der Waals surface area (Å²) in [7, 11) is 0. The summed E-state index contributed by atoms with van der Waals surface area (Å²) in [6.45, 7) is 1.75. The van der Waals surface area contributed by atoms with Crippen molar-refractivity contribution in [2.45, 2.75) is 44.1 Å². The van der Waals surface area contributed by atoms with Gasteiger partial charge >= 0.3 is 11.9 Å². The van der Waals surface area contributed by atoms with Gasteiger partial charge in [0.2, 0.25) is 5.91 Å². The molecule has 0 saturated heterocycles. The van der Waals surface area contributed by atoms with E-state index in [-0.39, 0.29) is 47.4 Å². The van der Waals surface area contributed by atoms with Gasteiger partial charge in [0, 0.05) is 50.0 Å². The number of carbonyl (C=O) groups excluding carboxylic acids is 1. The second kappa shape index (κ2) is 8.94. The van der Waals surface area contributed by atoms with Gasteiger partial charge in [-0.15, -0.1) is 11.8 Å². The van der Waals surface area contributed by atoms with E-state index in [4.69, 9.17) is 0 Å². The summed E-state index contributed by atoms with van der Waals surface area (Å²) in [4.78, 5) is 32.4. The van der Waals surface area contributed by atoms with Crippen molar-refractivity contribution in [3.63, 3.8) is 0 Å². The Bertz CT molecular complexity index is 1320. The van der Waals surface area contributed by atoms with Gasteiger partial charge in [-0.05, 0) is 18.6 Å². The van der Waals surface area contributed by atoms with E-state index >= 15 is 0 Å². The number of halogens is 3. The first-order chi connectivity index (χ1) is 15.7. The third-order valence-corrected chi connectivity index (χ3v) is 6.67. The van der Waals surface area contributed by atoms with E-state index in [9.17, 15) is 28.0 Å². The smallest absolute Gasteiger partial charge is 0.338 e. The van der Waals surface area contributed by atoms with Gasteiger partial charge in [-0.25, -0.2) is 9.78 Å². The molecule has 33 heavy (non-hydrogen) atoms. The van der Waals surface area contributed by atoms with E-state index in [1.54, 1.807) is 16.7 Å². The number of alkyl halides is 3. The summed E-state index contributed by atoms with van der Waals surface area (Å²) in [6, 6.07) is 8.94. The summed E-state index contributed by atoms with van der Waals surface area (Å²) in [6.07, 6.45) is -4.05. The Morgan fingerprint density at radius 1 is 1.33 bits per heavy atom. The molecular weight excluding hydrogens is 455 g/mol. The number of aromatic nitrogens is 3. The minimum absolute atomic E-state index is 0.0334. The van der Waals surface area contributed by atoms with Gasteiger partial charge in [0.15, 0.2) is 0 Å². The van der Waals surface area contributed by atoms with E-state index in [1.165, 1.54) is 11.8 Å². The fourth-order valence-electron chi connectivity index (χ4n) is 4.05. The van der Waals surface area contributed by atoms with E-state index in [2.05, 4.69) is 9.97 Å². The Kier molecular flexibility index (Phi) is 6.21. The van der Waals surface area contributed by atoms with Gasteiger partial charge in [-0.1, -0.05) is 12.1 Å². The number of pyridine rings is 1. The van der Waals surface area contributed by atoms with Gasteiger partial charge in [0.05, 0.1) is 22.2 Å². The number of imidazole rings is 1. The number of nitrogens with one attached hydrogen (secondary N) is 1. The second-order valence-electron chi connectivity index (χ2n) is 7.69. The van der Waals surface area contributed by atoms with Crippen LogP contribution in [0.25, 0.3) is 11.0 Å². The van der Waals surface area contributed by atoms with Crippen LogP contribution in [0.5, 0.6) is 0 Å². The number of rotatable bonds is 5. The number of amides is 1. The summed E-state index contributed by atoms with van der Waals surface area (Å²) < 4.78 is 43.5. The summed E-state index contributed by atoms with van der Waals surface area (Å²) in [5, 5.41) is 9.60. The van der Waals surface area contributed by atoms with Crippen LogP contribution in [0.3, 0.4) is 0 Å². The van der Waals surface area contributed by atoms with Crippen molar-refractivity contribution in [1.29, 1.82) is 5.26 Å². The predicted octanol–water partition coefficient (Wildman–Crippen LogP) is 3.70. The number of aryl methyl sites for hydroxylation is 1. The maximum absolute atomic E-state index is 14.0. The topological polar surface area (TPSA) is 94.8 Å². The van der Waals surface area contributed by atoms with E-state index < -0.39 is 17.3 Å².